The molecule has 1 atom stereocenters. The summed E-state index contributed by atoms with van der Waals surface area (Å²) in [4.78, 5) is 21.8. The van der Waals surface area contributed by atoms with E-state index in [0.29, 0.717) is 6.54 Å². The Kier molecular flexibility index (Phi) is 5.88. The standard InChI is InChI=1S/C12H14BrFN2O3/c1-8(4-5-13)7-15-12(17)10-3-2-9(14)6-11(10)16(18)19/h2-3,6,8H,4-5,7H2,1H3,(H,15,17). The number of carbonyl (C=O) groups excluding carboxylic acids is 1. The van der Waals surface area contributed by atoms with Crippen LogP contribution in [0, 0.1) is 21.8 Å². The van der Waals surface area contributed by atoms with Crippen molar-refractivity contribution in [1.82, 2.24) is 5.32 Å². The van der Waals surface area contributed by atoms with Gasteiger partial charge in [-0.25, -0.2) is 4.39 Å². The van der Waals surface area contributed by atoms with Gasteiger partial charge in [0.05, 0.1) is 11.0 Å². The number of benzene rings is 1. The van der Waals surface area contributed by atoms with Crippen LogP contribution in [0.25, 0.3) is 0 Å². The maximum absolute atomic E-state index is 12.9. The number of nitro groups is 1. The molecule has 19 heavy (non-hydrogen) atoms. The molecule has 7 heteroatoms. The van der Waals surface area contributed by atoms with Crippen LogP contribution in [0.3, 0.4) is 0 Å². The lowest BCUT2D eigenvalue weighted by atomic mass is 10.1. The van der Waals surface area contributed by atoms with E-state index in [2.05, 4.69) is 21.2 Å². The van der Waals surface area contributed by atoms with Gasteiger partial charge in [0, 0.05) is 11.9 Å². The fourth-order valence-electron chi connectivity index (χ4n) is 1.50. The summed E-state index contributed by atoms with van der Waals surface area (Å²) in [6.07, 6.45) is 0.881. The average Bonchev–Trinajstić information content (AvgIpc) is 2.36. The maximum Gasteiger partial charge on any atom is 0.285 e. The predicted molar refractivity (Wildman–Crippen MR) is 73.0 cm³/mol. The van der Waals surface area contributed by atoms with Crippen molar-refractivity contribution in [1.29, 1.82) is 0 Å². The quantitative estimate of drug-likeness (QED) is 0.494. The van der Waals surface area contributed by atoms with Gasteiger partial charge in [-0.15, -0.1) is 0 Å². The average molecular weight is 333 g/mol. The molecule has 1 aromatic rings. The van der Waals surface area contributed by atoms with Crippen LogP contribution < -0.4 is 5.32 Å². The number of nitro benzene ring substituents is 1. The Morgan fingerprint density at radius 2 is 2.26 bits per heavy atom. The summed E-state index contributed by atoms with van der Waals surface area (Å²) in [7, 11) is 0. The summed E-state index contributed by atoms with van der Waals surface area (Å²) in [5.74, 6) is -1.05. The first-order chi connectivity index (χ1) is 8.95. The topological polar surface area (TPSA) is 72.2 Å². The van der Waals surface area contributed by atoms with Crippen molar-refractivity contribution >= 4 is 27.5 Å². The molecule has 0 fully saturated rings. The number of halogens is 2. The van der Waals surface area contributed by atoms with Gasteiger partial charge in [0.1, 0.15) is 11.4 Å². The van der Waals surface area contributed by atoms with E-state index in [0.717, 1.165) is 30.0 Å². The van der Waals surface area contributed by atoms with Crippen LogP contribution in [0.4, 0.5) is 10.1 Å². The second-order valence-corrected chi connectivity index (χ2v) is 5.00. The Labute approximate surface area is 118 Å². The zero-order valence-corrected chi connectivity index (χ0v) is 11.9. The molecular formula is C12H14BrFN2O3. The first-order valence-electron chi connectivity index (χ1n) is 5.73. The highest BCUT2D eigenvalue weighted by Crippen LogP contribution is 2.19. The predicted octanol–water partition coefficient (Wildman–Crippen LogP) is 2.88. The highest BCUT2D eigenvalue weighted by molar-refractivity contribution is 9.09. The highest BCUT2D eigenvalue weighted by Gasteiger charge is 2.21. The molecule has 0 aromatic heterocycles. The van der Waals surface area contributed by atoms with Gasteiger partial charge in [0.25, 0.3) is 11.6 Å². The fraction of sp³-hybridized carbons (Fsp3) is 0.417. The van der Waals surface area contributed by atoms with E-state index in [-0.39, 0.29) is 11.5 Å². The third-order valence-corrected chi connectivity index (χ3v) is 3.07. The first-order valence-corrected chi connectivity index (χ1v) is 6.86. The molecule has 1 N–H and O–H groups in total. The van der Waals surface area contributed by atoms with Gasteiger partial charge < -0.3 is 5.32 Å². The Hall–Kier alpha value is -1.50. The lowest BCUT2D eigenvalue weighted by molar-refractivity contribution is -0.385. The van der Waals surface area contributed by atoms with Crippen LogP contribution >= 0.6 is 15.9 Å². The van der Waals surface area contributed by atoms with E-state index in [9.17, 15) is 19.3 Å². The summed E-state index contributed by atoms with van der Waals surface area (Å²) in [5, 5.41) is 14.2. The molecule has 104 valence electrons. The maximum atomic E-state index is 12.9. The van der Waals surface area contributed by atoms with Gasteiger partial charge in [-0.2, -0.15) is 0 Å². The number of nitrogens with one attached hydrogen (secondary N) is 1. The normalized spacial score (nSPS) is 11.9. The van der Waals surface area contributed by atoms with Crippen LogP contribution in [0.1, 0.15) is 23.7 Å². The second-order valence-electron chi connectivity index (χ2n) is 4.21. The molecule has 0 saturated carbocycles. The first kappa shape index (κ1) is 15.6. The summed E-state index contributed by atoms with van der Waals surface area (Å²) in [6.45, 7) is 2.37. The van der Waals surface area contributed by atoms with E-state index in [4.69, 9.17) is 0 Å². The molecule has 5 nitrogen and oxygen atoms in total. The molecule has 0 bridgehead atoms. The Balaban J connectivity index is 2.79. The van der Waals surface area contributed by atoms with Crippen molar-refractivity contribution in [3.63, 3.8) is 0 Å². The monoisotopic (exact) mass is 332 g/mol. The van der Waals surface area contributed by atoms with Gasteiger partial charge in [-0.3, -0.25) is 14.9 Å². The molecule has 1 rings (SSSR count). The Morgan fingerprint density at radius 3 is 2.84 bits per heavy atom. The van der Waals surface area contributed by atoms with E-state index in [1.807, 2.05) is 6.92 Å². The van der Waals surface area contributed by atoms with Crippen molar-refractivity contribution in [3.8, 4) is 0 Å². The number of hydrogen-bond donors (Lipinski definition) is 1. The SMILES string of the molecule is CC(CCBr)CNC(=O)c1ccc(F)cc1[N+](=O)[O-]. The number of rotatable bonds is 6. The Morgan fingerprint density at radius 1 is 1.58 bits per heavy atom. The van der Waals surface area contributed by atoms with Gasteiger partial charge in [0.15, 0.2) is 0 Å². The van der Waals surface area contributed by atoms with Crippen molar-refractivity contribution in [2.24, 2.45) is 5.92 Å². The molecule has 0 saturated heterocycles. The molecule has 0 aliphatic carbocycles. The molecule has 0 aliphatic rings. The van der Waals surface area contributed by atoms with Crippen LogP contribution in [0.2, 0.25) is 0 Å². The lowest BCUT2D eigenvalue weighted by Gasteiger charge is -2.11. The van der Waals surface area contributed by atoms with E-state index >= 15 is 0 Å². The lowest BCUT2D eigenvalue weighted by Crippen LogP contribution is -2.29. The number of alkyl halides is 1. The minimum absolute atomic E-state index is 0.127. The highest BCUT2D eigenvalue weighted by atomic mass is 79.9. The molecule has 0 spiro atoms. The molecule has 1 amide bonds. The van der Waals surface area contributed by atoms with Crippen LogP contribution in [-0.2, 0) is 0 Å². The molecule has 1 unspecified atom stereocenters. The zero-order valence-electron chi connectivity index (χ0n) is 10.4. The van der Waals surface area contributed by atoms with E-state index in [1.165, 1.54) is 0 Å². The van der Waals surface area contributed by atoms with Gasteiger partial charge in [-0.05, 0) is 24.5 Å². The number of nitrogens with zero attached hydrogens (tertiary/aromatic N) is 1. The minimum Gasteiger partial charge on any atom is -0.352 e. The largest absolute Gasteiger partial charge is 0.352 e. The summed E-state index contributed by atoms with van der Waals surface area (Å²) >= 11 is 3.30. The van der Waals surface area contributed by atoms with Crippen molar-refractivity contribution in [3.05, 3.63) is 39.7 Å². The summed E-state index contributed by atoms with van der Waals surface area (Å²) in [6, 6.07) is 2.90. The molecular weight excluding hydrogens is 319 g/mol. The van der Waals surface area contributed by atoms with Gasteiger partial charge in [-0.1, -0.05) is 22.9 Å². The van der Waals surface area contributed by atoms with Crippen molar-refractivity contribution < 1.29 is 14.1 Å². The zero-order chi connectivity index (χ0) is 14.4. The fourth-order valence-corrected chi connectivity index (χ4v) is 2.28. The van der Waals surface area contributed by atoms with E-state index < -0.39 is 22.3 Å². The van der Waals surface area contributed by atoms with Crippen LogP contribution in [-0.4, -0.2) is 22.7 Å². The smallest absolute Gasteiger partial charge is 0.285 e. The van der Waals surface area contributed by atoms with Crippen LogP contribution in [0.5, 0.6) is 0 Å². The third-order valence-electron chi connectivity index (χ3n) is 2.61. The van der Waals surface area contributed by atoms with E-state index in [1.54, 1.807) is 0 Å². The van der Waals surface area contributed by atoms with Gasteiger partial charge in [0.2, 0.25) is 0 Å². The van der Waals surface area contributed by atoms with Gasteiger partial charge >= 0.3 is 0 Å². The molecule has 1 aromatic carbocycles. The van der Waals surface area contributed by atoms with Crippen LogP contribution in [0.15, 0.2) is 18.2 Å². The molecule has 0 aliphatic heterocycles. The van der Waals surface area contributed by atoms with Crippen molar-refractivity contribution in [2.45, 2.75) is 13.3 Å². The third kappa shape index (κ3) is 4.59. The number of carbonyl (C=O) groups is 1. The Bertz CT molecular complexity index is 482. The number of amides is 1. The summed E-state index contributed by atoms with van der Waals surface area (Å²) < 4.78 is 12.9. The van der Waals surface area contributed by atoms with Crippen molar-refractivity contribution in [2.75, 3.05) is 11.9 Å². The minimum atomic E-state index is -0.764. The number of hydrogen-bond acceptors (Lipinski definition) is 3. The molecule has 0 heterocycles. The summed E-state index contributed by atoms with van der Waals surface area (Å²) in [5.41, 5.74) is -0.650. The second kappa shape index (κ2) is 7.18. The molecule has 0 radical (unpaired) electrons.